The molecule has 3 N–H and O–H groups in total. The molecule has 0 saturated heterocycles. The lowest BCUT2D eigenvalue weighted by Gasteiger charge is -2.34. The Labute approximate surface area is 184 Å². The zero-order chi connectivity index (χ0) is 21.4. The summed E-state index contributed by atoms with van der Waals surface area (Å²) < 4.78 is 14.2. The van der Waals surface area contributed by atoms with Gasteiger partial charge in [-0.25, -0.2) is 4.39 Å². The first-order chi connectivity index (χ1) is 15.1. The summed E-state index contributed by atoms with van der Waals surface area (Å²) in [6.07, 6.45) is 9.20. The van der Waals surface area contributed by atoms with Crippen LogP contribution in [0, 0.1) is 18.7 Å². The van der Waals surface area contributed by atoms with Crippen LogP contribution in [-0.2, 0) is 17.6 Å². The fraction of sp³-hybridized carbons (Fsp3) is 0.500. The van der Waals surface area contributed by atoms with Gasteiger partial charge in [0.15, 0.2) is 0 Å². The maximum absolute atomic E-state index is 14.2. The van der Waals surface area contributed by atoms with Gasteiger partial charge in [0.2, 0.25) is 5.91 Å². The highest BCUT2D eigenvalue weighted by atomic mass is 19.1. The number of rotatable bonds is 3. The summed E-state index contributed by atoms with van der Waals surface area (Å²) in [6, 6.07) is 9.49. The molecule has 0 aromatic heterocycles. The Morgan fingerprint density at radius 3 is 2.65 bits per heavy atom. The third-order valence-corrected chi connectivity index (χ3v) is 7.42. The quantitative estimate of drug-likeness (QED) is 0.592. The minimum absolute atomic E-state index is 0.0899. The van der Waals surface area contributed by atoms with Crippen molar-refractivity contribution in [3.63, 3.8) is 0 Å². The molecule has 2 aromatic rings. The highest BCUT2D eigenvalue weighted by Crippen LogP contribution is 2.39. The van der Waals surface area contributed by atoms with Crippen molar-refractivity contribution < 1.29 is 9.18 Å². The summed E-state index contributed by atoms with van der Waals surface area (Å²) in [4.78, 5) is 13.1. The Kier molecular flexibility index (Phi) is 5.70. The van der Waals surface area contributed by atoms with Crippen LogP contribution in [0.3, 0.4) is 0 Å². The fourth-order valence-electron chi connectivity index (χ4n) is 5.77. The molecule has 2 unspecified atom stereocenters. The maximum atomic E-state index is 14.2. The van der Waals surface area contributed by atoms with Crippen LogP contribution in [0.2, 0.25) is 0 Å². The maximum Gasteiger partial charge on any atom is 0.247 e. The van der Waals surface area contributed by atoms with Crippen molar-refractivity contribution in [3.8, 4) is 0 Å². The topological polar surface area (TPSA) is 53.2 Å². The molecular formula is C26H32FN3O. The molecule has 0 bridgehead atoms. The van der Waals surface area contributed by atoms with Crippen LogP contribution < -0.4 is 16.0 Å². The summed E-state index contributed by atoms with van der Waals surface area (Å²) >= 11 is 0. The Bertz CT molecular complexity index is 950. The average Bonchev–Trinajstić information content (AvgIpc) is 3.08. The second kappa shape index (κ2) is 8.62. The normalized spacial score (nSPS) is 23.4. The molecule has 0 spiro atoms. The van der Waals surface area contributed by atoms with Crippen molar-refractivity contribution >= 4 is 17.3 Å². The van der Waals surface area contributed by atoms with Crippen molar-refractivity contribution in [2.24, 2.45) is 5.92 Å². The van der Waals surface area contributed by atoms with Gasteiger partial charge in [-0.15, -0.1) is 0 Å². The Hall–Kier alpha value is -2.40. The molecule has 1 amide bonds. The van der Waals surface area contributed by atoms with Crippen LogP contribution in [0.1, 0.15) is 66.8 Å². The van der Waals surface area contributed by atoms with E-state index in [2.05, 4.69) is 28.1 Å². The summed E-state index contributed by atoms with van der Waals surface area (Å²) in [5.41, 5.74) is 5.89. The predicted molar refractivity (Wildman–Crippen MR) is 123 cm³/mol. The minimum Gasteiger partial charge on any atom is -0.373 e. The predicted octanol–water partition coefficient (Wildman–Crippen LogP) is 5.27. The number of fused-ring (bicyclic) bond motifs is 2. The molecule has 0 radical (unpaired) electrons. The van der Waals surface area contributed by atoms with E-state index in [1.807, 2.05) is 13.0 Å². The Morgan fingerprint density at radius 1 is 1.06 bits per heavy atom. The number of benzene rings is 2. The second-order valence-electron chi connectivity index (χ2n) is 9.41. The van der Waals surface area contributed by atoms with Gasteiger partial charge < -0.3 is 16.0 Å². The summed E-state index contributed by atoms with van der Waals surface area (Å²) in [5.74, 6) is 0.343. The molecule has 1 saturated carbocycles. The summed E-state index contributed by atoms with van der Waals surface area (Å²) in [6.45, 7) is 2.89. The Balaban J connectivity index is 1.35. The van der Waals surface area contributed by atoms with E-state index < -0.39 is 6.04 Å². The lowest BCUT2D eigenvalue weighted by Crippen LogP contribution is -2.37. The number of amides is 1. The van der Waals surface area contributed by atoms with Crippen molar-refractivity contribution in [2.75, 3.05) is 17.2 Å². The third kappa shape index (κ3) is 3.96. The van der Waals surface area contributed by atoms with Gasteiger partial charge in [0.05, 0.1) is 0 Å². The van der Waals surface area contributed by atoms with E-state index in [0.717, 1.165) is 29.9 Å². The van der Waals surface area contributed by atoms with Crippen LogP contribution in [0.15, 0.2) is 30.3 Å². The molecule has 1 aliphatic carbocycles. The van der Waals surface area contributed by atoms with E-state index in [4.69, 9.17) is 0 Å². The standard InChI is InChI=1S/C26H32FN3O/c1-16-11-12-21(27)20-15-23(29-24(16)20)26(31)30-22-10-6-9-19-18(22)13-14-28-25(19)17-7-4-2-3-5-8-17/h6,9-12,17,23,25,28-29H,2-5,7-8,13-15H2,1H3,(H,30,31). The molecule has 2 atom stereocenters. The van der Waals surface area contributed by atoms with Crippen LogP contribution in [-0.4, -0.2) is 18.5 Å². The minimum atomic E-state index is -0.444. The molecular weight excluding hydrogens is 389 g/mol. The molecule has 164 valence electrons. The lowest BCUT2D eigenvalue weighted by molar-refractivity contribution is -0.116. The van der Waals surface area contributed by atoms with Gasteiger partial charge in [0, 0.05) is 29.4 Å². The number of hydrogen-bond donors (Lipinski definition) is 3. The van der Waals surface area contributed by atoms with Crippen molar-refractivity contribution in [1.82, 2.24) is 5.32 Å². The van der Waals surface area contributed by atoms with Gasteiger partial charge >= 0.3 is 0 Å². The van der Waals surface area contributed by atoms with Crippen LogP contribution in [0.5, 0.6) is 0 Å². The van der Waals surface area contributed by atoms with Crippen LogP contribution in [0.25, 0.3) is 0 Å². The monoisotopic (exact) mass is 421 g/mol. The number of carbonyl (C=O) groups is 1. The van der Waals surface area contributed by atoms with Gasteiger partial charge in [-0.1, -0.05) is 43.9 Å². The van der Waals surface area contributed by atoms with E-state index in [1.54, 1.807) is 6.07 Å². The van der Waals surface area contributed by atoms with Gasteiger partial charge in [-0.05, 0) is 67.5 Å². The number of halogens is 1. The highest BCUT2D eigenvalue weighted by Gasteiger charge is 2.32. The van der Waals surface area contributed by atoms with Crippen molar-refractivity contribution in [3.05, 3.63) is 58.4 Å². The molecule has 1 fully saturated rings. The summed E-state index contributed by atoms with van der Waals surface area (Å²) in [7, 11) is 0. The highest BCUT2D eigenvalue weighted by molar-refractivity contribution is 5.99. The number of anilines is 2. The fourth-order valence-corrected chi connectivity index (χ4v) is 5.77. The third-order valence-electron chi connectivity index (χ3n) is 7.42. The number of hydrogen-bond acceptors (Lipinski definition) is 3. The molecule has 2 aromatic carbocycles. The van der Waals surface area contributed by atoms with Gasteiger partial charge in [-0.2, -0.15) is 0 Å². The zero-order valence-electron chi connectivity index (χ0n) is 18.3. The summed E-state index contributed by atoms with van der Waals surface area (Å²) in [5, 5.41) is 10.2. The van der Waals surface area contributed by atoms with E-state index in [0.29, 0.717) is 23.9 Å². The van der Waals surface area contributed by atoms with E-state index in [9.17, 15) is 9.18 Å². The number of carbonyl (C=O) groups excluding carboxylic acids is 1. The molecule has 4 nitrogen and oxygen atoms in total. The number of nitrogens with one attached hydrogen (secondary N) is 3. The van der Waals surface area contributed by atoms with E-state index >= 15 is 0 Å². The van der Waals surface area contributed by atoms with Gasteiger partial charge in [0.1, 0.15) is 11.9 Å². The van der Waals surface area contributed by atoms with Crippen molar-refractivity contribution in [2.45, 2.75) is 70.4 Å². The van der Waals surface area contributed by atoms with E-state index in [-0.39, 0.29) is 11.7 Å². The van der Waals surface area contributed by atoms with E-state index in [1.165, 1.54) is 55.7 Å². The first-order valence-corrected chi connectivity index (χ1v) is 11.8. The van der Waals surface area contributed by atoms with Crippen LogP contribution in [0.4, 0.5) is 15.8 Å². The average molecular weight is 422 g/mol. The van der Waals surface area contributed by atoms with Crippen LogP contribution >= 0.6 is 0 Å². The van der Waals surface area contributed by atoms with Gasteiger partial charge in [-0.3, -0.25) is 4.79 Å². The van der Waals surface area contributed by atoms with Gasteiger partial charge in [0.25, 0.3) is 0 Å². The van der Waals surface area contributed by atoms with Crippen molar-refractivity contribution in [1.29, 1.82) is 0 Å². The molecule has 3 aliphatic rings. The molecule has 2 aliphatic heterocycles. The lowest BCUT2D eigenvalue weighted by atomic mass is 9.82. The zero-order valence-corrected chi connectivity index (χ0v) is 18.3. The Morgan fingerprint density at radius 2 is 1.87 bits per heavy atom. The second-order valence-corrected chi connectivity index (χ2v) is 9.41. The first-order valence-electron chi connectivity index (χ1n) is 11.8. The molecule has 5 rings (SSSR count). The number of aryl methyl sites for hydroxylation is 1. The molecule has 5 heteroatoms. The molecule has 31 heavy (non-hydrogen) atoms. The smallest absolute Gasteiger partial charge is 0.247 e. The molecule has 2 heterocycles. The first kappa shape index (κ1) is 20.5. The largest absolute Gasteiger partial charge is 0.373 e. The SMILES string of the molecule is Cc1ccc(F)c2c1NC(C(=O)Nc1cccc3c1CCNC3C1CCCCCC1)C2.